The van der Waals surface area contributed by atoms with Crippen molar-refractivity contribution in [1.82, 2.24) is 9.78 Å². The third kappa shape index (κ3) is 1.95. The minimum Gasteiger partial charge on any atom is -0.328 e. The molecule has 0 saturated heterocycles. The van der Waals surface area contributed by atoms with E-state index in [1.165, 1.54) is 29.4 Å². The highest BCUT2D eigenvalue weighted by atomic mass is 15.3. The number of hydrogen-bond acceptors (Lipinski definition) is 2. The number of nitrogens with zero attached hydrogens (tertiary/aromatic N) is 2. The van der Waals surface area contributed by atoms with Crippen LogP contribution >= 0.6 is 0 Å². The molecule has 0 spiro atoms. The van der Waals surface area contributed by atoms with E-state index in [2.05, 4.69) is 29.4 Å². The van der Waals surface area contributed by atoms with E-state index in [0.717, 1.165) is 18.8 Å². The molecule has 1 fully saturated rings. The van der Waals surface area contributed by atoms with Crippen molar-refractivity contribution in [3.63, 3.8) is 0 Å². The number of aryl methyl sites for hydroxylation is 1. The molecule has 1 aromatic carbocycles. The first-order chi connectivity index (χ1) is 8.24. The molecule has 3 rings (SSSR count). The van der Waals surface area contributed by atoms with Crippen molar-refractivity contribution in [2.75, 3.05) is 0 Å². The summed E-state index contributed by atoms with van der Waals surface area (Å²) in [4.78, 5) is 0. The molecule has 2 N–H and O–H groups in total. The molecule has 0 bridgehead atoms. The zero-order valence-corrected chi connectivity index (χ0v) is 10.3. The summed E-state index contributed by atoms with van der Waals surface area (Å²) in [6.07, 6.45) is 4.67. The minimum atomic E-state index is 0.412. The molecule has 0 amide bonds. The number of aromatic nitrogens is 2. The standard InChI is InChI=1S/C14H19N3/c1-17-14-5-3-2-4-12(14)13(16-17)9-10-6-7-11(15)8-10/h2-5,10-11H,6-9,15H2,1H3. The zero-order chi connectivity index (χ0) is 11.8. The van der Waals surface area contributed by atoms with Crippen LogP contribution in [-0.2, 0) is 13.5 Å². The Hall–Kier alpha value is -1.35. The van der Waals surface area contributed by atoms with Crippen LogP contribution in [0, 0.1) is 5.92 Å². The second-order valence-corrected chi connectivity index (χ2v) is 5.23. The van der Waals surface area contributed by atoms with E-state index in [1.54, 1.807) is 0 Å². The minimum absolute atomic E-state index is 0.412. The molecule has 1 aromatic heterocycles. The van der Waals surface area contributed by atoms with Crippen LogP contribution in [0.3, 0.4) is 0 Å². The number of nitrogens with two attached hydrogens (primary N) is 1. The Morgan fingerprint density at radius 3 is 2.94 bits per heavy atom. The summed E-state index contributed by atoms with van der Waals surface area (Å²) in [5.74, 6) is 0.725. The second-order valence-electron chi connectivity index (χ2n) is 5.23. The first kappa shape index (κ1) is 10.8. The average molecular weight is 229 g/mol. The van der Waals surface area contributed by atoms with Crippen molar-refractivity contribution < 1.29 is 0 Å². The number of para-hydroxylation sites is 1. The van der Waals surface area contributed by atoms with Gasteiger partial charge in [-0.05, 0) is 37.7 Å². The van der Waals surface area contributed by atoms with Crippen molar-refractivity contribution in [3.05, 3.63) is 30.0 Å². The summed E-state index contributed by atoms with van der Waals surface area (Å²) < 4.78 is 1.99. The normalized spacial score (nSPS) is 24.6. The smallest absolute Gasteiger partial charge is 0.0706 e. The van der Waals surface area contributed by atoms with Crippen molar-refractivity contribution in [1.29, 1.82) is 0 Å². The predicted octanol–water partition coefficient (Wildman–Crippen LogP) is 2.24. The highest BCUT2D eigenvalue weighted by Crippen LogP contribution is 2.29. The van der Waals surface area contributed by atoms with Gasteiger partial charge in [-0.25, -0.2) is 0 Å². The van der Waals surface area contributed by atoms with E-state index in [0.29, 0.717) is 6.04 Å². The van der Waals surface area contributed by atoms with Gasteiger partial charge in [0.25, 0.3) is 0 Å². The van der Waals surface area contributed by atoms with Crippen molar-refractivity contribution in [3.8, 4) is 0 Å². The van der Waals surface area contributed by atoms with Gasteiger partial charge in [0.2, 0.25) is 0 Å². The summed E-state index contributed by atoms with van der Waals surface area (Å²) in [6, 6.07) is 8.88. The number of benzene rings is 1. The lowest BCUT2D eigenvalue weighted by molar-refractivity contribution is 0.525. The predicted molar refractivity (Wildman–Crippen MR) is 69.7 cm³/mol. The molecule has 3 heteroatoms. The molecule has 2 unspecified atom stereocenters. The molecule has 2 aromatic rings. The Labute approximate surface area is 102 Å². The first-order valence-corrected chi connectivity index (χ1v) is 6.40. The van der Waals surface area contributed by atoms with Crippen molar-refractivity contribution in [2.45, 2.75) is 31.7 Å². The molecule has 0 aliphatic heterocycles. The molecule has 3 nitrogen and oxygen atoms in total. The van der Waals surface area contributed by atoms with Gasteiger partial charge >= 0.3 is 0 Å². The third-order valence-electron chi connectivity index (χ3n) is 3.90. The van der Waals surface area contributed by atoms with Crippen LogP contribution in [0.1, 0.15) is 25.0 Å². The summed E-state index contributed by atoms with van der Waals surface area (Å²) in [5.41, 5.74) is 8.44. The third-order valence-corrected chi connectivity index (χ3v) is 3.90. The van der Waals surface area contributed by atoms with Crippen molar-refractivity contribution >= 4 is 10.9 Å². The Morgan fingerprint density at radius 1 is 1.35 bits per heavy atom. The monoisotopic (exact) mass is 229 g/mol. The fraction of sp³-hybridized carbons (Fsp3) is 0.500. The van der Waals surface area contributed by atoms with Gasteiger partial charge in [0.1, 0.15) is 0 Å². The van der Waals surface area contributed by atoms with Crippen molar-refractivity contribution in [2.24, 2.45) is 18.7 Å². The maximum atomic E-state index is 5.97. The van der Waals surface area contributed by atoms with Gasteiger partial charge < -0.3 is 5.73 Å². The van der Waals surface area contributed by atoms with Gasteiger partial charge in [-0.1, -0.05) is 18.2 Å². The fourth-order valence-corrected chi connectivity index (χ4v) is 3.01. The average Bonchev–Trinajstić information content (AvgIpc) is 2.86. The van der Waals surface area contributed by atoms with Crippen LogP contribution in [0.2, 0.25) is 0 Å². The molecule has 17 heavy (non-hydrogen) atoms. The van der Waals surface area contributed by atoms with Gasteiger partial charge in [-0.3, -0.25) is 4.68 Å². The zero-order valence-electron chi connectivity index (χ0n) is 10.3. The Kier molecular flexibility index (Phi) is 2.63. The molecule has 1 aliphatic rings. The molecule has 1 saturated carbocycles. The van der Waals surface area contributed by atoms with Gasteiger partial charge in [-0.15, -0.1) is 0 Å². The lowest BCUT2D eigenvalue weighted by Gasteiger charge is -2.06. The highest BCUT2D eigenvalue weighted by Gasteiger charge is 2.23. The summed E-state index contributed by atoms with van der Waals surface area (Å²) >= 11 is 0. The second kappa shape index (κ2) is 4.15. The molecule has 2 atom stereocenters. The topological polar surface area (TPSA) is 43.8 Å². The Morgan fingerprint density at radius 2 is 2.18 bits per heavy atom. The van der Waals surface area contributed by atoms with E-state index in [9.17, 15) is 0 Å². The van der Waals surface area contributed by atoms with Gasteiger partial charge in [0.05, 0.1) is 11.2 Å². The molecular formula is C14H19N3. The van der Waals surface area contributed by atoms with Gasteiger partial charge in [0, 0.05) is 18.5 Å². The van der Waals surface area contributed by atoms with Gasteiger partial charge in [0.15, 0.2) is 0 Å². The largest absolute Gasteiger partial charge is 0.328 e. The van der Waals surface area contributed by atoms with Crippen LogP contribution in [0.5, 0.6) is 0 Å². The van der Waals surface area contributed by atoms with E-state index in [1.807, 2.05) is 11.7 Å². The number of hydrogen-bond donors (Lipinski definition) is 1. The lowest BCUT2D eigenvalue weighted by atomic mass is 9.99. The van der Waals surface area contributed by atoms with E-state index < -0.39 is 0 Å². The van der Waals surface area contributed by atoms with Crippen LogP contribution in [0.25, 0.3) is 10.9 Å². The molecule has 1 aliphatic carbocycles. The van der Waals surface area contributed by atoms with Crippen LogP contribution in [0.15, 0.2) is 24.3 Å². The molecule has 90 valence electrons. The van der Waals surface area contributed by atoms with Crippen LogP contribution in [-0.4, -0.2) is 15.8 Å². The Balaban J connectivity index is 1.90. The SMILES string of the molecule is Cn1nc(CC2CCC(N)C2)c2ccccc21. The fourth-order valence-electron chi connectivity index (χ4n) is 3.01. The first-order valence-electron chi connectivity index (χ1n) is 6.40. The highest BCUT2D eigenvalue weighted by molar-refractivity contribution is 5.81. The summed E-state index contributed by atoms with van der Waals surface area (Å²) in [5, 5.41) is 5.96. The maximum absolute atomic E-state index is 5.97. The molecular weight excluding hydrogens is 210 g/mol. The molecule has 1 heterocycles. The van der Waals surface area contributed by atoms with Crippen LogP contribution in [0.4, 0.5) is 0 Å². The number of fused-ring (bicyclic) bond motifs is 1. The van der Waals surface area contributed by atoms with Crippen LogP contribution < -0.4 is 5.73 Å². The lowest BCUT2D eigenvalue weighted by Crippen LogP contribution is -2.15. The Bertz CT molecular complexity index is 529. The van der Waals surface area contributed by atoms with E-state index >= 15 is 0 Å². The van der Waals surface area contributed by atoms with E-state index in [4.69, 9.17) is 5.73 Å². The summed E-state index contributed by atoms with van der Waals surface area (Å²) in [6.45, 7) is 0. The maximum Gasteiger partial charge on any atom is 0.0706 e. The summed E-state index contributed by atoms with van der Waals surface area (Å²) in [7, 11) is 2.02. The number of rotatable bonds is 2. The quantitative estimate of drug-likeness (QED) is 0.858. The van der Waals surface area contributed by atoms with Gasteiger partial charge in [-0.2, -0.15) is 5.10 Å². The molecule has 0 radical (unpaired) electrons. The van der Waals surface area contributed by atoms with E-state index in [-0.39, 0.29) is 0 Å².